The Kier molecular flexibility index (Phi) is 4.06. The van der Waals surface area contributed by atoms with Gasteiger partial charge in [0.15, 0.2) is 0 Å². The predicted octanol–water partition coefficient (Wildman–Crippen LogP) is 1.44. The highest BCUT2D eigenvalue weighted by Gasteiger charge is 2.11. The highest BCUT2D eigenvalue weighted by Crippen LogP contribution is 2.17. The zero-order valence-corrected chi connectivity index (χ0v) is 10.4. The molecular formula is C10H14N2O4S. The molecule has 0 heterocycles. The fourth-order valence-electron chi connectivity index (χ4n) is 1.49. The summed E-state index contributed by atoms with van der Waals surface area (Å²) in [6.07, 6.45) is 1.15. The lowest BCUT2D eigenvalue weighted by molar-refractivity contribution is -0.384. The molecule has 1 aromatic rings. The maximum Gasteiger partial charge on any atom is 0.271 e. The van der Waals surface area contributed by atoms with Crippen LogP contribution in [0, 0.1) is 10.1 Å². The van der Waals surface area contributed by atoms with Gasteiger partial charge in [-0.05, 0) is 13.0 Å². The normalized spacial score (nSPS) is 13.1. The summed E-state index contributed by atoms with van der Waals surface area (Å²) in [5.74, 6) is -0.0182. The molecule has 17 heavy (non-hydrogen) atoms. The van der Waals surface area contributed by atoms with E-state index in [1.165, 1.54) is 12.1 Å². The topological polar surface area (TPSA) is 89.3 Å². The molecule has 0 spiro atoms. The fraction of sp³-hybridized carbons (Fsp3) is 0.400. The Bertz CT molecular complexity index is 513. The Hall–Kier alpha value is -1.63. The third-order valence-electron chi connectivity index (χ3n) is 2.02. The summed E-state index contributed by atoms with van der Waals surface area (Å²) in [5, 5.41) is 13.5. The van der Waals surface area contributed by atoms with Crippen molar-refractivity contribution in [3.05, 3.63) is 34.4 Å². The molecule has 1 atom stereocenters. The van der Waals surface area contributed by atoms with E-state index >= 15 is 0 Å². The van der Waals surface area contributed by atoms with Gasteiger partial charge in [0.25, 0.3) is 5.69 Å². The second-order valence-electron chi connectivity index (χ2n) is 3.95. The van der Waals surface area contributed by atoms with Crippen molar-refractivity contribution >= 4 is 21.2 Å². The van der Waals surface area contributed by atoms with E-state index in [9.17, 15) is 18.5 Å². The van der Waals surface area contributed by atoms with Crippen molar-refractivity contribution in [2.24, 2.45) is 0 Å². The Labute approximate surface area is 99.7 Å². The average molecular weight is 258 g/mol. The third kappa shape index (κ3) is 4.81. The van der Waals surface area contributed by atoms with Gasteiger partial charge in [-0.1, -0.05) is 6.07 Å². The van der Waals surface area contributed by atoms with Gasteiger partial charge in [0, 0.05) is 30.1 Å². The lowest BCUT2D eigenvalue weighted by Crippen LogP contribution is -2.24. The first-order valence-corrected chi connectivity index (χ1v) is 7.03. The molecule has 0 saturated heterocycles. The monoisotopic (exact) mass is 258 g/mol. The van der Waals surface area contributed by atoms with Crippen LogP contribution in [0.3, 0.4) is 0 Å². The molecule has 0 aliphatic rings. The molecule has 0 saturated carbocycles. The Morgan fingerprint density at radius 1 is 1.47 bits per heavy atom. The first-order valence-electron chi connectivity index (χ1n) is 4.96. The first-order chi connectivity index (χ1) is 7.78. The Morgan fingerprint density at radius 2 is 2.12 bits per heavy atom. The van der Waals surface area contributed by atoms with Crippen molar-refractivity contribution in [2.45, 2.75) is 13.0 Å². The molecule has 6 nitrogen and oxygen atoms in total. The van der Waals surface area contributed by atoms with Gasteiger partial charge < -0.3 is 5.32 Å². The van der Waals surface area contributed by atoms with E-state index in [-0.39, 0.29) is 17.5 Å². The SMILES string of the molecule is CC(CS(C)(=O)=O)Nc1cccc([N+](=O)[O-])c1. The third-order valence-corrected chi connectivity index (χ3v) is 3.13. The number of anilines is 1. The van der Waals surface area contributed by atoms with Gasteiger partial charge in [0.05, 0.1) is 10.7 Å². The van der Waals surface area contributed by atoms with E-state index in [1.807, 2.05) is 0 Å². The van der Waals surface area contributed by atoms with Crippen LogP contribution >= 0.6 is 0 Å². The summed E-state index contributed by atoms with van der Waals surface area (Å²) in [4.78, 5) is 10.1. The average Bonchev–Trinajstić information content (AvgIpc) is 2.14. The summed E-state index contributed by atoms with van der Waals surface area (Å²) in [5.41, 5.74) is 0.511. The number of nitro benzene ring substituents is 1. The van der Waals surface area contributed by atoms with Gasteiger partial charge in [0.1, 0.15) is 9.84 Å². The van der Waals surface area contributed by atoms with Crippen LogP contribution in [-0.4, -0.2) is 31.4 Å². The van der Waals surface area contributed by atoms with Crippen LogP contribution in [0.2, 0.25) is 0 Å². The highest BCUT2D eigenvalue weighted by molar-refractivity contribution is 7.90. The number of benzene rings is 1. The fourth-order valence-corrected chi connectivity index (χ4v) is 2.48. The van der Waals surface area contributed by atoms with Gasteiger partial charge >= 0.3 is 0 Å². The zero-order valence-electron chi connectivity index (χ0n) is 9.58. The van der Waals surface area contributed by atoms with Crippen LogP contribution in [0.5, 0.6) is 0 Å². The van der Waals surface area contributed by atoms with E-state index < -0.39 is 14.8 Å². The molecule has 1 unspecified atom stereocenters. The standard InChI is InChI=1S/C10H14N2O4S/c1-8(7-17(2,15)16)11-9-4-3-5-10(6-9)12(13)14/h3-6,8,11H,7H2,1-2H3. The van der Waals surface area contributed by atoms with Crippen LogP contribution < -0.4 is 5.32 Å². The number of nitro groups is 1. The second kappa shape index (κ2) is 5.13. The van der Waals surface area contributed by atoms with Crippen molar-refractivity contribution in [1.29, 1.82) is 0 Å². The van der Waals surface area contributed by atoms with Crippen molar-refractivity contribution in [2.75, 3.05) is 17.3 Å². The summed E-state index contributed by atoms with van der Waals surface area (Å²) >= 11 is 0. The molecule has 0 fully saturated rings. The molecule has 1 aromatic carbocycles. The minimum atomic E-state index is -3.07. The highest BCUT2D eigenvalue weighted by atomic mass is 32.2. The van der Waals surface area contributed by atoms with Gasteiger partial charge in [-0.2, -0.15) is 0 Å². The molecule has 0 radical (unpaired) electrons. The predicted molar refractivity (Wildman–Crippen MR) is 65.9 cm³/mol. The molecule has 7 heteroatoms. The first kappa shape index (κ1) is 13.4. The molecule has 0 aliphatic heterocycles. The lowest BCUT2D eigenvalue weighted by atomic mass is 10.2. The summed E-state index contributed by atoms with van der Waals surface area (Å²) in [6, 6.07) is 5.66. The van der Waals surface area contributed by atoms with Crippen molar-refractivity contribution in [3.8, 4) is 0 Å². The lowest BCUT2D eigenvalue weighted by Gasteiger charge is -2.13. The number of sulfone groups is 1. The molecule has 1 rings (SSSR count). The molecule has 0 aromatic heterocycles. The minimum absolute atomic E-state index is 0.0182. The van der Waals surface area contributed by atoms with Crippen LogP contribution in [0.15, 0.2) is 24.3 Å². The van der Waals surface area contributed by atoms with Crippen LogP contribution in [0.25, 0.3) is 0 Å². The number of hydrogen-bond acceptors (Lipinski definition) is 5. The van der Waals surface area contributed by atoms with Crippen LogP contribution in [-0.2, 0) is 9.84 Å². The van der Waals surface area contributed by atoms with Crippen molar-refractivity contribution in [1.82, 2.24) is 0 Å². The van der Waals surface area contributed by atoms with Crippen LogP contribution in [0.4, 0.5) is 11.4 Å². The van der Waals surface area contributed by atoms with E-state index in [4.69, 9.17) is 0 Å². The molecular weight excluding hydrogens is 244 g/mol. The maximum atomic E-state index is 11.1. The smallest absolute Gasteiger partial charge is 0.271 e. The van der Waals surface area contributed by atoms with E-state index in [1.54, 1.807) is 19.1 Å². The summed E-state index contributed by atoms with van der Waals surface area (Å²) in [7, 11) is -3.07. The van der Waals surface area contributed by atoms with E-state index in [2.05, 4.69) is 5.32 Å². The number of rotatable bonds is 5. The summed E-state index contributed by atoms with van der Waals surface area (Å²) < 4.78 is 22.1. The molecule has 1 N–H and O–H groups in total. The van der Waals surface area contributed by atoms with E-state index in [0.717, 1.165) is 6.26 Å². The number of non-ortho nitro benzene ring substituents is 1. The van der Waals surface area contributed by atoms with Gasteiger partial charge in [0.2, 0.25) is 0 Å². The quantitative estimate of drug-likeness (QED) is 0.637. The van der Waals surface area contributed by atoms with Crippen molar-refractivity contribution in [3.63, 3.8) is 0 Å². The van der Waals surface area contributed by atoms with Gasteiger partial charge in [-0.15, -0.1) is 0 Å². The van der Waals surface area contributed by atoms with Gasteiger partial charge in [-0.3, -0.25) is 10.1 Å². The maximum absolute atomic E-state index is 11.1. The molecule has 0 amide bonds. The largest absolute Gasteiger partial charge is 0.381 e. The Morgan fingerprint density at radius 3 is 2.65 bits per heavy atom. The minimum Gasteiger partial charge on any atom is -0.381 e. The molecule has 0 aliphatic carbocycles. The Balaban J connectivity index is 2.75. The number of nitrogens with zero attached hydrogens (tertiary/aromatic N) is 1. The summed E-state index contributed by atoms with van der Waals surface area (Å²) in [6.45, 7) is 1.71. The molecule has 0 bridgehead atoms. The van der Waals surface area contributed by atoms with Crippen LogP contribution in [0.1, 0.15) is 6.92 Å². The zero-order chi connectivity index (χ0) is 13.1. The molecule has 94 valence electrons. The van der Waals surface area contributed by atoms with Gasteiger partial charge in [-0.25, -0.2) is 8.42 Å². The second-order valence-corrected chi connectivity index (χ2v) is 6.13. The number of nitrogens with one attached hydrogen (secondary N) is 1. The number of hydrogen-bond donors (Lipinski definition) is 1. The van der Waals surface area contributed by atoms with Crippen molar-refractivity contribution < 1.29 is 13.3 Å². The van der Waals surface area contributed by atoms with E-state index in [0.29, 0.717) is 5.69 Å².